The SMILES string of the molecule is COc1cnc2c(c(C(C)(F)CC(=O)N3C4CC5CC3CC(C)(C5)C4)cn2C)c1F. The number of methoxy groups -OCH3 is 1. The van der Waals surface area contributed by atoms with E-state index < -0.39 is 11.5 Å². The Morgan fingerprint density at radius 2 is 2.00 bits per heavy atom. The lowest BCUT2D eigenvalue weighted by Gasteiger charge is -2.61. The molecule has 3 atom stereocenters. The van der Waals surface area contributed by atoms with Crippen LogP contribution in [0, 0.1) is 17.2 Å². The zero-order chi connectivity index (χ0) is 21.4. The predicted octanol–water partition coefficient (Wildman–Crippen LogP) is 4.48. The van der Waals surface area contributed by atoms with Gasteiger partial charge in [0.1, 0.15) is 11.3 Å². The Labute approximate surface area is 175 Å². The summed E-state index contributed by atoms with van der Waals surface area (Å²) < 4.78 is 37.7. The minimum atomic E-state index is -2.01. The number of aryl methyl sites for hydroxylation is 1. The molecule has 4 bridgehead atoms. The minimum Gasteiger partial charge on any atom is -0.492 e. The first-order valence-electron chi connectivity index (χ1n) is 10.8. The fraction of sp³-hybridized carbons (Fsp3) is 0.652. The number of hydrogen-bond donors (Lipinski definition) is 0. The van der Waals surface area contributed by atoms with Crippen molar-refractivity contribution < 1.29 is 18.3 Å². The molecule has 162 valence electrons. The largest absolute Gasteiger partial charge is 0.492 e. The van der Waals surface area contributed by atoms with Gasteiger partial charge in [0.15, 0.2) is 11.6 Å². The van der Waals surface area contributed by atoms with E-state index >= 15 is 8.78 Å². The van der Waals surface area contributed by atoms with E-state index in [0.717, 1.165) is 25.7 Å². The van der Waals surface area contributed by atoms with E-state index in [1.807, 2.05) is 4.90 Å². The van der Waals surface area contributed by atoms with Crippen molar-refractivity contribution in [2.24, 2.45) is 18.4 Å². The van der Waals surface area contributed by atoms with Crippen LogP contribution in [0.4, 0.5) is 8.78 Å². The van der Waals surface area contributed by atoms with Gasteiger partial charge >= 0.3 is 0 Å². The summed E-state index contributed by atoms with van der Waals surface area (Å²) >= 11 is 0. The molecule has 2 aromatic rings. The number of nitrogens with zero attached hydrogens (tertiary/aromatic N) is 3. The minimum absolute atomic E-state index is 0.0323. The van der Waals surface area contributed by atoms with Crippen LogP contribution in [0.15, 0.2) is 12.4 Å². The molecule has 0 aromatic carbocycles. The second kappa shape index (κ2) is 6.41. The highest BCUT2D eigenvalue weighted by atomic mass is 19.1. The van der Waals surface area contributed by atoms with E-state index in [9.17, 15) is 4.79 Å². The fourth-order valence-electron chi connectivity index (χ4n) is 6.71. The molecular formula is C23H29F2N3O2. The summed E-state index contributed by atoms with van der Waals surface area (Å²) in [7, 11) is 3.05. The molecule has 0 radical (unpaired) electrons. The van der Waals surface area contributed by atoms with E-state index in [1.54, 1.807) is 17.8 Å². The molecule has 6 rings (SSSR count). The molecule has 4 fully saturated rings. The van der Waals surface area contributed by atoms with Crippen LogP contribution in [0.2, 0.25) is 0 Å². The van der Waals surface area contributed by atoms with Crippen molar-refractivity contribution in [1.29, 1.82) is 0 Å². The van der Waals surface area contributed by atoms with Crippen molar-refractivity contribution in [1.82, 2.24) is 14.5 Å². The summed E-state index contributed by atoms with van der Waals surface area (Å²) in [5.41, 5.74) is -1.20. The van der Waals surface area contributed by atoms with Crippen LogP contribution in [-0.2, 0) is 17.5 Å². The van der Waals surface area contributed by atoms with Crippen LogP contribution < -0.4 is 4.74 Å². The number of carbonyl (C=O) groups excluding carboxylic acids is 1. The number of fused-ring (bicyclic) bond motifs is 1. The van der Waals surface area contributed by atoms with E-state index in [4.69, 9.17) is 4.74 Å². The maximum Gasteiger partial charge on any atom is 0.226 e. The lowest BCUT2D eigenvalue weighted by Crippen LogP contribution is -2.63. The first-order chi connectivity index (χ1) is 14.1. The lowest BCUT2D eigenvalue weighted by molar-refractivity contribution is -0.159. The number of aromatic nitrogens is 2. The van der Waals surface area contributed by atoms with Gasteiger partial charge in [-0.25, -0.2) is 13.8 Å². The Morgan fingerprint density at radius 1 is 1.33 bits per heavy atom. The van der Waals surface area contributed by atoms with Crippen LogP contribution in [0.5, 0.6) is 5.75 Å². The number of carbonyl (C=O) groups is 1. The normalized spacial score (nSPS) is 31.9. The molecule has 3 unspecified atom stereocenters. The maximum atomic E-state index is 16.0. The third-order valence-corrected chi connectivity index (χ3v) is 7.68. The van der Waals surface area contributed by atoms with Gasteiger partial charge in [-0.3, -0.25) is 4.79 Å². The molecule has 2 aliphatic carbocycles. The molecule has 5 nitrogen and oxygen atoms in total. The number of pyridine rings is 1. The maximum absolute atomic E-state index is 16.0. The van der Waals surface area contributed by atoms with Crippen LogP contribution >= 0.6 is 0 Å². The predicted molar refractivity (Wildman–Crippen MR) is 109 cm³/mol. The molecule has 2 saturated heterocycles. The Hall–Kier alpha value is -2.18. The van der Waals surface area contributed by atoms with Gasteiger partial charge in [0, 0.05) is 30.9 Å². The smallest absolute Gasteiger partial charge is 0.226 e. The van der Waals surface area contributed by atoms with Gasteiger partial charge in [-0.1, -0.05) is 6.92 Å². The standard InChI is InChI=1S/C23H29F2N3O2/c1-22-7-13-5-14(8-22)28(15(6-13)9-22)18(29)10-23(2,25)16-12-27(3)21-19(16)20(24)17(30-4)11-26-21/h11-15H,5-10H2,1-4H3. The van der Waals surface area contributed by atoms with Gasteiger partial charge in [0.2, 0.25) is 5.91 Å². The highest BCUT2D eigenvalue weighted by Gasteiger charge is 2.54. The summed E-state index contributed by atoms with van der Waals surface area (Å²) in [6, 6.07) is 0.436. The molecule has 2 saturated carbocycles. The Bertz CT molecular complexity index is 1020. The van der Waals surface area contributed by atoms with Gasteiger partial charge in [-0.15, -0.1) is 0 Å². The summed E-state index contributed by atoms with van der Waals surface area (Å²) in [4.78, 5) is 19.5. The van der Waals surface area contributed by atoms with Crippen LogP contribution in [0.3, 0.4) is 0 Å². The number of ether oxygens (including phenoxy) is 1. The highest BCUT2D eigenvalue weighted by Crippen LogP contribution is 2.56. The summed E-state index contributed by atoms with van der Waals surface area (Å²) in [5, 5.41) is 0.0854. The first kappa shape index (κ1) is 19.8. The van der Waals surface area contributed by atoms with Crippen molar-refractivity contribution >= 4 is 16.9 Å². The Kier molecular flexibility index (Phi) is 4.22. The summed E-state index contributed by atoms with van der Waals surface area (Å²) in [6.45, 7) is 3.70. The number of rotatable bonds is 4. The van der Waals surface area contributed by atoms with E-state index in [0.29, 0.717) is 17.0 Å². The third kappa shape index (κ3) is 2.84. The van der Waals surface area contributed by atoms with Crippen molar-refractivity contribution in [2.75, 3.05) is 7.11 Å². The zero-order valence-corrected chi connectivity index (χ0v) is 18.0. The summed E-state index contributed by atoms with van der Waals surface area (Å²) in [5.74, 6) is -0.142. The molecular weight excluding hydrogens is 388 g/mol. The van der Waals surface area contributed by atoms with E-state index in [-0.39, 0.29) is 41.1 Å². The highest BCUT2D eigenvalue weighted by molar-refractivity contribution is 5.85. The molecule has 4 heterocycles. The fourth-order valence-corrected chi connectivity index (χ4v) is 6.71. The average molecular weight is 418 g/mol. The molecule has 2 aromatic heterocycles. The monoisotopic (exact) mass is 417 g/mol. The molecule has 0 N–H and O–H groups in total. The Morgan fingerprint density at radius 3 is 2.60 bits per heavy atom. The number of alkyl halides is 1. The quantitative estimate of drug-likeness (QED) is 0.737. The van der Waals surface area contributed by atoms with Gasteiger partial charge in [-0.2, -0.15) is 0 Å². The molecule has 1 amide bonds. The van der Waals surface area contributed by atoms with E-state index in [2.05, 4.69) is 11.9 Å². The first-order valence-corrected chi connectivity index (χ1v) is 10.8. The second-order valence-electron chi connectivity index (χ2n) is 10.2. The number of hydrogen-bond acceptors (Lipinski definition) is 3. The average Bonchev–Trinajstić information content (AvgIpc) is 2.98. The lowest BCUT2D eigenvalue weighted by atomic mass is 9.56. The number of halogens is 2. The van der Waals surface area contributed by atoms with Gasteiger partial charge in [0.25, 0.3) is 0 Å². The van der Waals surface area contributed by atoms with Crippen LogP contribution in [0.1, 0.15) is 57.9 Å². The molecule has 0 spiro atoms. The molecule has 4 aliphatic rings. The molecule has 2 aliphatic heterocycles. The van der Waals surface area contributed by atoms with Crippen molar-refractivity contribution in [3.05, 3.63) is 23.8 Å². The van der Waals surface area contributed by atoms with E-state index in [1.165, 1.54) is 26.7 Å². The van der Waals surface area contributed by atoms with Crippen molar-refractivity contribution in [3.8, 4) is 5.75 Å². The molecule has 30 heavy (non-hydrogen) atoms. The van der Waals surface area contributed by atoms with Crippen LogP contribution in [-0.4, -0.2) is 39.6 Å². The summed E-state index contributed by atoms with van der Waals surface area (Å²) in [6.07, 6.45) is 7.89. The molecule has 7 heteroatoms. The Balaban J connectivity index is 1.46. The van der Waals surface area contributed by atoms with Crippen molar-refractivity contribution in [2.45, 2.75) is 70.1 Å². The van der Waals surface area contributed by atoms with Gasteiger partial charge < -0.3 is 14.2 Å². The second-order valence-corrected chi connectivity index (χ2v) is 10.2. The van der Waals surface area contributed by atoms with Crippen molar-refractivity contribution in [3.63, 3.8) is 0 Å². The third-order valence-electron chi connectivity index (χ3n) is 7.68. The van der Waals surface area contributed by atoms with Gasteiger partial charge in [-0.05, 0) is 50.4 Å². The number of amides is 1. The topological polar surface area (TPSA) is 47.4 Å². The number of piperidine rings is 2. The van der Waals surface area contributed by atoms with Gasteiger partial charge in [0.05, 0.1) is 25.1 Å². The van der Waals surface area contributed by atoms with Crippen LogP contribution in [0.25, 0.3) is 11.0 Å². The zero-order valence-electron chi connectivity index (χ0n) is 18.0.